The van der Waals surface area contributed by atoms with Gasteiger partial charge in [0.05, 0.1) is 5.92 Å². The highest BCUT2D eigenvalue weighted by atomic mass is 16.4. The number of rotatable bonds is 4. The van der Waals surface area contributed by atoms with E-state index in [0.717, 1.165) is 0 Å². The summed E-state index contributed by atoms with van der Waals surface area (Å²) in [5, 5.41) is 11.1. The van der Waals surface area contributed by atoms with Crippen LogP contribution in [-0.4, -0.2) is 32.9 Å². The normalized spacial score (nSPS) is 12.1. The van der Waals surface area contributed by atoms with Crippen LogP contribution < -0.4 is 10.9 Å². The van der Waals surface area contributed by atoms with E-state index in [-0.39, 0.29) is 12.1 Å². The Morgan fingerprint density at radius 1 is 1.45 bits per heavy atom. The molecule has 2 aromatic rings. The molecule has 20 heavy (non-hydrogen) atoms. The SMILES string of the molecule is CC(CNC(=O)c1cnc2ccccn2c1=O)C(=O)O. The molecule has 2 N–H and O–H groups in total. The monoisotopic (exact) mass is 275 g/mol. The van der Waals surface area contributed by atoms with Crippen molar-refractivity contribution in [1.82, 2.24) is 14.7 Å². The minimum absolute atomic E-state index is 0.0505. The molecule has 104 valence electrons. The molecular weight excluding hydrogens is 262 g/mol. The van der Waals surface area contributed by atoms with Crippen molar-refractivity contribution >= 4 is 17.5 Å². The summed E-state index contributed by atoms with van der Waals surface area (Å²) in [5.41, 5.74) is -0.171. The highest BCUT2D eigenvalue weighted by Crippen LogP contribution is 1.98. The van der Waals surface area contributed by atoms with Crippen molar-refractivity contribution in [2.45, 2.75) is 6.92 Å². The van der Waals surface area contributed by atoms with E-state index in [4.69, 9.17) is 5.11 Å². The minimum Gasteiger partial charge on any atom is -0.481 e. The van der Waals surface area contributed by atoms with Gasteiger partial charge < -0.3 is 10.4 Å². The Bertz CT molecular complexity index is 723. The molecule has 0 saturated carbocycles. The first-order valence-electron chi connectivity index (χ1n) is 5.98. The number of carboxylic acid groups (broad SMARTS) is 1. The van der Waals surface area contributed by atoms with E-state index >= 15 is 0 Å². The number of aliphatic carboxylic acids is 1. The van der Waals surface area contributed by atoms with Gasteiger partial charge in [-0.2, -0.15) is 0 Å². The number of hydrogen-bond acceptors (Lipinski definition) is 4. The molecule has 2 heterocycles. The largest absolute Gasteiger partial charge is 0.481 e. The Labute approximate surface area is 113 Å². The van der Waals surface area contributed by atoms with Gasteiger partial charge in [-0.25, -0.2) is 4.98 Å². The van der Waals surface area contributed by atoms with Gasteiger partial charge in [0.2, 0.25) is 0 Å². The van der Waals surface area contributed by atoms with Crippen LogP contribution in [0.3, 0.4) is 0 Å². The van der Waals surface area contributed by atoms with Crippen LogP contribution >= 0.6 is 0 Å². The molecule has 1 unspecified atom stereocenters. The van der Waals surface area contributed by atoms with Crippen LogP contribution in [0.15, 0.2) is 35.4 Å². The Balaban J connectivity index is 2.25. The lowest BCUT2D eigenvalue weighted by atomic mass is 10.2. The van der Waals surface area contributed by atoms with Crippen molar-refractivity contribution in [3.05, 3.63) is 46.5 Å². The van der Waals surface area contributed by atoms with Crippen molar-refractivity contribution in [2.75, 3.05) is 6.54 Å². The van der Waals surface area contributed by atoms with Crippen molar-refractivity contribution in [3.8, 4) is 0 Å². The Kier molecular flexibility index (Phi) is 3.79. The summed E-state index contributed by atoms with van der Waals surface area (Å²) in [6.07, 6.45) is 2.71. The Morgan fingerprint density at radius 2 is 2.20 bits per heavy atom. The van der Waals surface area contributed by atoms with E-state index in [9.17, 15) is 14.4 Å². The van der Waals surface area contributed by atoms with E-state index in [1.54, 1.807) is 18.2 Å². The fourth-order valence-corrected chi connectivity index (χ4v) is 1.61. The van der Waals surface area contributed by atoms with Crippen LogP contribution in [0.1, 0.15) is 17.3 Å². The summed E-state index contributed by atoms with van der Waals surface area (Å²) in [6, 6.07) is 5.04. The maximum Gasteiger partial charge on any atom is 0.308 e. The molecule has 0 spiro atoms. The number of carbonyl (C=O) groups excluding carboxylic acids is 1. The van der Waals surface area contributed by atoms with E-state index in [0.29, 0.717) is 5.65 Å². The first-order chi connectivity index (χ1) is 9.50. The molecule has 2 rings (SSSR count). The molecule has 0 saturated heterocycles. The third-order valence-electron chi connectivity index (χ3n) is 2.85. The molecule has 0 radical (unpaired) electrons. The quantitative estimate of drug-likeness (QED) is 0.827. The van der Waals surface area contributed by atoms with Crippen LogP contribution in [0, 0.1) is 5.92 Å². The van der Waals surface area contributed by atoms with Crippen LogP contribution in [0.25, 0.3) is 5.65 Å². The van der Waals surface area contributed by atoms with Gasteiger partial charge in [-0.3, -0.25) is 18.8 Å². The first-order valence-corrected chi connectivity index (χ1v) is 5.98. The summed E-state index contributed by atoms with van der Waals surface area (Å²) in [6.45, 7) is 1.42. The number of carboxylic acids is 1. The summed E-state index contributed by atoms with van der Waals surface area (Å²) >= 11 is 0. The maximum atomic E-state index is 12.1. The van der Waals surface area contributed by atoms with Crippen LogP contribution in [-0.2, 0) is 4.79 Å². The average Bonchev–Trinajstić information content (AvgIpc) is 2.45. The second-order valence-electron chi connectivity index (χ2n) is 4.36. The summed E-state index contributed by atoms with van der Waals surface area (Å²) in [4.78, 5) is 38.6. The lowest BCUT2D eigenvalue weighted by Gasteiger charge is -2.08. The van der Waals surface area contributed by atoms with E-state index in [1.807, 2.05) is 0 Å². The fourth-order valence-electron chi connectivity index (χ4n) is 1.61. The lowest BCUT2D eigenvalue weighted by molar-refractivity contribution is -0.140. The Hall–Kier alpha value is -2.70. The predicted molar refractivity (Wildman–Crippen MR) is 70.6 cm³/mol. The molecule has 0 aromatic carbocycles. The standard InChI is InChI=1S/C13H13N3O4/c1-8(13(19)20)6-15-11(17)9-7-14-10-4-2-3-5-16(10)12(9)18/h2-5,7-8H,6H2,1H3,(H,15,17)(H,19,20). The smallest absolute Gasteiger partial charge is 0.308 e. The van der Waals surface area contributed by atoms with Crippen molar-refractivity contribution in [3.63, 3.8) is 0 Å². The molecule has 0 aliphatic carbocycles. The molecule has 1 atom stereocenters. The van der Waals surface area contributed by atoms with Crippen LogP contribution in [0.5, 0.6) is 0 Å². The van der Waals surface area contributed by atoms with Crippen molar-refractivity contribution < 1.29 is 14.7 Å². The number of fused-ring (bicyclic) bond motifs is 1. The van der Waals surface area contributed by atoms with E-state index in [2.05, 4.69) is 10.3 Å². The maximum absolute atomic E-state index is 12.1. The van der Waals surface area contributed by atoms with Crippen molar-refractivity contribution in [2.24, 2.45) is 5.92 Å². The Morgan fingerprint density at radius 3 is 2.90 bits per heavy atom. The zero-order chi connectivity index (χ0) is 14.7. The second kappa shape index (κ2) is 5.52. The van der Waals surface area contributed by atoms with Gasteiger partial charge in [-0.05, 0) is 12.1 Å². The summed E-state index contributed by atoms with van der Waals surface area (Å²) < 4.78 is 1.26. The number of carbonyl (C=O) groups is 2. The highest BCUT2D eigenvalue weighted by Gasteiger charge is 2.16. The molecule has 1 amide bonds. The fraction of sp³-hybridized carbons (Fsp3) is 0.231. The molecule has 7 heteroatoms. The molecule has 0 aliphatic rings. The lowest BCUT2D eigenvalue weighted by Crippen LogP contribution is -2.35. The molecule has 2 aromatic heterocycles. The minimum atomic E-state index is -1.02. The highest BCUT2D eigenvalue weighted by molar-refractivity contribution is 5.93. The number of hydrogen-bond donors (Lipinski definition) is 2. The first kappa shape index (κ1) is 13.7. The van der Waals surface area contributed by atoms with Gasteiger partial charge in [0.1, 0.15) is 11.2 Å². The molecule has 0 aliphatic heterocycles. The van der Waals surface area contributed by atoms with Gasteiger partial charge >= 0.3 is 5.97 Å². The molecule has 0 bridgehead atoms. The van der Waals surface area contributed by atoms with Gasteiger partial charge in [0.25, 0.3) is 11.5 Å². The third kappa shape index (κ3) is 2.66. The third-order valence-corrected chi connectivity index (χ3v) is 2.85. The number of amides is 1. The average molecular weight is 275 g/mol. The van der Waals surface area contributed by atoms with Crippen molar-refractivity contribution in [1.29, 1.82) is 0 Å². The number of nitrogens with zero attached hydrogens (tertiary/aromatic N) is 2. The van der Waals surface area contributed by atoms with Crippen LogP contribution in [0.4, 0.5) is 0 Å². The van der Waals surface area contributed by atoms with E-state index in [1.165, 1.54) is 23.7 Å². The number of pyridine rings is 1. The van der Waals surface area contributed by atoms with Gasteiger partial charge in [-0.15, -0.1) is 0 Å². The summed E-state index contributed by atoms with van der Waals surface area (Å²) in [5.74, 6) is -2.37. The second-order valence-corrected chi connectivity index (χ2v) is 4.36. The topological polar surface area (TPSA) is 101 Å². The van der Waals surface area contributed by atoms with Gasteiger partial charge in [-0.1, -0.05) is 13.0 Å². The molecular formula is C13H13N3O4. The predicted octanol–water partition coefficient (Wildman–Crippen LogP) is 0.145. The summed E-state index contributed by atoms with van der Waals surface area (Å²) in [7, 11) is 0. The van der Waals surface area contributed by atoms with Gasteiger partial charge in [0.15, 0.2) is 0 Å². The molecule has 7 nitrogen and oxygen atoms in total. The number of nitrogens with one attached hydrogen (secondary N) is 1. The van der Waals surface area contributed by atoms with E-state index < -0.39 is 23.4 Å². The number of aromatic nitrogens is 2. The molecule has 0 fully saturated rings. The van der Waals surface area contributed by atoms with Gasteiger partial charge in [0, 0.05) is 18.9 Å². The zero-order valence-electron chi connectivity index (χ0n) is 10.7. The zero-order valence-corrected chi connectivity index (χ0v) is 10.7. The van der Waals surface area contributed by atoms with Crippen LogP contribution in [0.2, 0.25) is 0 Å².